The molecule has 1 aromatic carbocycles. The van der Waals surface area contributed by atoms with Gasteiger partial charge in [0.25, 0.3) is 0 Å². The smallest absolute Gasteiger partial charge is 0.122 e. The minimum absolute atomic E-state index is 0.550. The zero-order valence-corrected chi connectivity index (χ0v) is 12.4. The molecule has 0 bridgehead atoms. The molecule has 0 aromatic heterocycles. The van der Waals surface area contributed by atoms with Crippen LogP contribution in [0.15, 0.2) is 18.2 Å². The number of methoxy groups -OCH3 is 1. The highest BCUT2D eigenvalue weighted by Gasteiger charge is 2.30. The molecule has 1 aliphatic rings. The Bertz CT molecular complexity index is 427. The molecule has 1 aliphatic carbocycles. The van der Waals surface area contributed by atoms with Crippen LogP contribution in [0.1, 0.15) is 50.2 Å². The van der Waals surface area contributed by atoms with Crippen LogP contribution in [0.5, 0.6) is 5.75 Å². The van der Waals surface area contributed by atoms with Crippen molar-refractivity contribution in [1.82, 2.24) is 0 Å². The summed E-state index contributed by atoms with van der Waals surface area (Å²) in [7, 11) is 1.70. The Morgan fingerprint density at radius 3 is 2.84 bits per heavy atom. The minimum Gasteiger partial charge on any atom is -0.496 e. The molecule has 0 amide bonds. The van der Waals surface area contributed by atoms with Crippen LogP contribution in [0, 0.1) is 12.8 Å². The van der Waals surface area contributed by atoms with Gasteiger partial charge < -0.3 is 9.84 Å². The van der Waals surface area contributed by atoms with Crippen LogP contribution in [0.2, 0.25) is 0 Å². The van der Waals surface area contributed by atoms with E-state index in [1.54, 1.807) is 7.11 Å². The topological polar surface area (TPSA) is 29.5 Å². The Labute approximate surface area is 116 Å². The van der Waals surface area contributed by atoms with Crippen molar-refractivity contribution >= 4 is 0 Å². The second-order valence-electron chi connectivity index (χ2n) is 6.25. The molecule has 0 radical (unpaired) electrons. The lowest BCUT2D eigenvalue weighted by Crippen LogP contribution is -2.30. The first-order valence-electron chi connectivity index (χ1n) is 7.38. The second-order valence-corrected chi connectivity index (χ2v) is 6.25. The van der Waals surface area contributed by atoms with Crippen LogP contribution in [-0.4, -0.2) is 17.8 Å². The molecule has 2 atom stereocenters. The van der Waals surface area contributed by atoms with Crippen molar-refractivity contribution in [2.24, 2.45) is 5.92 Å². The fourth-order valence-corrected chi connectivity index (χ4v) is 3.14. The van der Waals surface area contributed by atoms with Crippen LogP contribution >= 0.6 is 0 Å². The lowest BCUT2D eigenvalue weighted by Gasteiger charge is -2.27. The van der Waals surface area contributed by atoms with Crippen LogP contribution in [-0.2, 0) is 6.42 Å². The van der Waals surface area contributed by atoms with Gasteiger partial charge >= 0.3 is 0 Å². The summed E-state index contributed by atoms with van der Waals surface area (Å²) in [5.74, 6) is 1.64. The monoisotopic (exact) mass is 262 g/mol. The maximum absolute atomic E-state index is 10.9. The van der Waals surface area contributed by atoms with Crippen LogP contribution in [0.4, 0.5) is 0 Å². The van der Waals surface area contributed by atoms with Crippen LogP contribution < -0.4 is 4.74 Å². The van der Waals surface area contributed by atoms with E-state index >= 15 is 0 Å². The van der Waals surface area contributed by atoms with E-state index in [0.717, 1.165) is 42.9 Å². The van der Waals surface area contributed by atoms with Gasteiger partial charge in [0.15, 0.2) is 0 Å². The molecule has 1 saturated carbocycles. The van der Waals surface area contributed by atoms with Gasteiger partial charge in [-0.2, -0.15) is 0 Å². The summed E-state index contributed by atoms with van der Waals surface area (Å²) in [5, 5.41) is 10.9. The molecule has 2 nitrogen and oxygen atoms in total. The molecule has 0 spiro atoms. The number of aliphatic hydroxyl groups is 1. The van der Waals surface area contributed by atoms with Gasteiger partial charge in [0.1, 0.15) is 5.75 Å². The second kappa shape index (κ2) is 5.96. The van der Waals surface area contributed by atoms with Gasteiger partial charge in [0.2, 0.25) is 0 Å². The summed E-state index contributed by atoms with van der Waals surface area (Å²) in [6, 6.07) is 6.21. The van der Waals surface area contributed by atoms with E-state index in [0.29, 0.717) is 6.42 Å². The maximum atomic E-state index is 10.9. The lowest BCUT2D eigenvalue weighted by atomic mass is 9.86. The summed E-state index contributed by atoms with van der Waals surface area (Å²) in [4.78, 5) is 0. The van der Waals surface area contributed by atoms with Gasteiger partial charge in [-0.1, -0.05) is 37.5 Å². The molecule has 106 valence electrons. The van der Waals surface area contributed by atoms with Gasteiger partial charge in [-0.3, -0.25) is 0 Å². The quantitative estimate of drug-likeness (QED) is 0.838. The normalized spacial score (nSPS) is 27.9. The summed E-state index contributed by atoms with van der Waals surface area (Å²) in [6.07, 6.45) is 6.04. The van der Waals surface area contributed by atoms with E-state index in [1.165, 1.54) is 12.0 Å². The fraction of sp³-hybridized carbons (Fsp3) is 0.647. The predicted octanol–water partition coefficient (Wildman–Crippen LogP) is 3.88. The van der Waals surface area contributed by atoms with Crippen molar-refractivity contribution in [2.75, 3.05) is 7.11 Å². The number of hydrogen-bond donors (Lipinski definition) is 1. The largest absolute Gasteiger partial charge is 0.496 e. The minimum atomic E-state index is -0.550. The molecule has 0 aliphatic heterocycles. The van der Waals surface area contributed by atoms with Crippen molar-refractivity contribution < 1.29 is 9.84 Å². The Hall–Kier alpha value is -1.02. The number of rotatable bonds is 3. The summed E-state index contributed by atoms with van der Waals surface area (Å²) in [6.45, 7) is 4.38. The molecule has 1 N–H and O–H groups in total. The summed E-state index contributed by atoms with van der Waals surface area (Å²) < 4.78 is 5.43. The number of aryl methyl sites for hydroxylation is 1. The fourth-order valence-electron chi connectivity index (χ4n) is 3.14. The third-order valence-corrected chi connectivity index (χ3v) is 4.40. The first-order chi connectivity index (χ1) is 9.02. The van der Waals surface area contributed by atoms with E-state index in [-0.39, 0.29) is 0 Å². The third-order valence-electron chi connectivity index (χ3n) is 4.40. The highest BCUT2D eigenvalue weighted by molar-refractivity contribution is 5.37. The zero-order chi connectivity index (χ0) is 13.9. The maximum Gasteiger partial charge on any atom is 0.122 e. The zero-order valence-electron chi connectivity index (χ0n) is 12.4. The van der Waals surface area contributed by atoms with Gasteiger partial charge in [0.05, 0.1) is 12.7 Å². The van der Waals surface area contributed by atoms with E-state index in [2.05, 4.69) is 26.0 Å². The third kappa shape index (κ3) is 3.73. The van der Waals surface area contributed by atoms with Crippen molar-refractivity contribution in [2.45, 2.75) is 58.0 Å². The highest BCUT2D eigenvalue weighted by atomic mass is 16.5. The first-order valence-corrected chi connectivity index (χ1v) is 7.38. The molecule has 19 heavy (non-hydrogen) atoms. The molecule has 2 unspecified atom stereocenters. The SMILES string of the molecule is COc1ccc(C)cc1CC1(O)CCCC(C)CC1. The Balaban J connectivity index is 2.17. The number of ether oxygens (including phenoxy) is 1. The number of benzene rings is 1. The van der Waals surface area contributed by atoms with Crippen molar-refractivity contribution in [1.29, 1.82) is 0 Å². The van der Waals surface area contributed by atoms with Gasteiger partial charge in [-0.15, -0.1) is 0 Å². The van der Waals surface area contributed by atoms with Gasteiger partial charge in [-0.05, 0) is 43.7 Å². The lowest BCUT2D eigenvalue weighted by molar-refractivity contribution is 0.0238. The molecule has 1 aromatic rings. The molecule has 1 fully saturated rings. The van der Waals surface area contributed by atoms with Gasteiger partial charge in [-0.25, -0.2) is 0 Å². The first kappa shape index (κ1) is 14.4. The molecule has 2 rings (SSSR count). The molecular formula is C17H26O2. The Kier molecular flexibility index (Phi) is 4.51. The van der Waals surface area contributed by atoms with Crippen LogP contribution in [0.3, 0.4) is 0 Å². The molecule has 0 saturated heterocycles. The number of hydrogen-bond acceptors (Lipinski definition) is 2. The van der Waals surface area contributed by atoms with Crippen molar-refractivity contribution in [3.63, 3.8) is 0 Å². The standard InChI is InChI=1S/C17H26O2/c1-13-5-4-9-17(18,10-8-13)12-15-11-14(2)6-7-16(15)19-3/h6-7,11,13,18H,4-5,8-10,12H2,1-3H3. The van der Waals surface area contributed by atoms with E-state index in [1.807, 2.05) is 6.07 Å². The molecule has 0 heterocycles. The van der Waals surface area contributed by atoms with E-state index in [9.17, 15) is 5.11 Å². The van der Waals surface area contributed by atoms with Crippen LogP contribution in [0.25, 0.3) is 0 Å². The van der Waals surface area contributed by atoms with E-state index in [4.69, 9.17) is 4.74 Å². The van der Waals surface area contributed by atoms with Crippen molar-refractivity contribution in [3.05, 3.63) is 29.3 Å². The Morgan fingerprint density at radius 1 is 1.32 bits per heavy atom. The average Bonchev–Trinajstić information content (AvgIpc) is 2.52. The molecular weight excluding hydrogens is 236 g/mol. The summed E-state index contributed by atoms with van der Waals surface area (Å²) >= 11 is 0. The molecule has 2 heteroatoms. The predicted molar refractivity (Wildman–Crippen MR) is 78.6 cm³/mol. The van der Waals surface area contributed by atoms with Crippen molar-refractivity contribution in [3.8, 4) is 5.75 Å². The highest BCUT2D eigenvalue weighted by Crippen LogP contribution is 2.34. The Morgan fingerprint density at radius 2 is 2.11 bits per heavy atom. The van der Waals surface area contributed by atoms with E-state index < -0.39 is 5.60 Å². The average molecular weight is 262 g/mol. The summed E-state index contributed by atoms with van der Waals surface area (Å²) in [5.41, 5.74) is 1.81. The van der Waals surface area contributed by atoms with Gasteiger partial charge in [0, 0.05) is 6.42 Å².